The normalized spacial score (nSPS) is 12.4. The lowest BCUT2D eigenvalue weighted by Crippen LogP contribution is -2.30. The first kappa shape index (κ1) is 14.7. The Hall–Kier alpha value is -0.390. The van der Waals surface area contributed by atoms with Crippen molar-refractivity contribution in [1.82, 2.24) is 4.31 Å². The third kappa shape index (κ3) is 4.77. The summed E-state index contributed by atoms with van der Waals surface area (Å²) in [5.41, 5.74) is 0.989. The van der Waals surface area contributed by atoms with E-state index in [9.17, 15) is 8.42 Å². The molecule has 0 spiro atoms. The van der Waals surface area contributed by atoms with E-state index in [1.54, 1.807) is 7.05 Å². The Morgan fingerprint density at radius 2 is 1.76 bits per heavy atom. The summed E-state index contributed by atoms with van der Waals surface area (Å²) in [6, 6.07) is 7.67. The van der Waals surface area contributed by atoms with Gasteiger partial charge in [-0.1, -0.05) is 41.9 Å². The van der Waals surface area contributed by atoms with Crippen LogP contribution in [-0.4, -0.2) is 25.5 Å². The first-order chi connectivity index (χ1) is 7.81. The predicted molar refractivity (Wildman–Crippen MR) is 74.2 cm³/mol. The van der Waals surface area contributed by atoms with Gasteiger partial charge in [-0.2, -0.15) is 0 Å². The second kappa shape index (κ2) is 5.98. The maximum absolute atomic E-state index is 11.9. The third-order valence-electron chi connectivity index (χ3n) is 2.34. The molecule has 1 aromatic carbocycles. The summed E-state index contributed by atoms with van der Waals surface area (Å²) in [7, 11) is -1.52. The number of sulfonamides is 1. The molecule has 0 aliphatic carbocycles. The van der Waals surface area contributed by atoms with Crippen molar-refractivity contribution in [3.63, 3.8) is 0 Å². The molecule has 0 atom stereocenters. The monoisotopic (exact) mass is 319 g/mol. The van der Waals surface area contributed by atoms with Crippen molar-refractivity contribution in [2.75, 3.05) is 12.8 Å². The standard InChI is InChI=1S/C12H18BrNO2S/c1-10(2)9-17(15,16)14(3)8-11-4-6-12(13)7-5-11/h4-7,10H,8-9H2,1-3H3. The van der Waals surface area contributed by atoms with Gasteiger partial charge in [0.1, 0.15) is 0 Å². The van der Waals surface area contributed by atoms with E-state index < -0.39 is 10.0 Å². The maximum Gasteiger partial charge on any atom is 0.214 e. The van der Waals surface area contributed by atoms with Crippen LogP contribution in [-0.2, 0) is 16.6 Å². The van der Waals surface area contributed by atoms with Crippen LogP contribution in [0.25, 0.3) is 0 Å². The van der Waals surface area contributed by atoms with Crippen LogP contribution in [0.1, 0.15) is 19.4 Å². The Morgan fingerprint density at radius 1 is 1.24 bits per heavy atom. The molecule has 0 aliphatic heterocycles. The summed E-state index contributed by atoms with van der Waals surface area (Å²) in [6.45, 7) is 4.23. The second-order valence-electron chi connectivity index (χ2n) is 4.55. The quantitative estimate of drug-likeness (QED) is 0.836. The van der Waals surface area contributed by atoms with Crippen LogP contribution in [0, 0.1) is 5.92 Å². The zero-order chi connectivity index (χ0) is 13.1. The van der Waals surface area contributed by atoms with Crippen molar-refractivity contribution in [3.05, 3.63) is 34.3 Å². The molecule has 0 aliphatic rings. The third-order valence-corrected chi connectivity index (χ3v) is 5.03. The highest BCUT2D eigenvalue weighted by molar-refractivity contribution is 9.10. The van der Waals surface area contributed by atoms with Gasteiger partial charge in [-0.25, -0.2) is 12.7 Å². The summed E-state index contributed by atoms with van der Waals surface area (Å²) in [5.74, 6) is 0.340. The number of hydrogen-bond acceptors (Lipinski definition) is 2. The van der Waals surface area contributed by atoms with E-state index in [-0.39, 0.29) is 11.7 Å². The van der Waals surface area contributed by atoms with E-state index in [4.69, 9.17) is 0 Å². The Morgan fingerprint density at radius 3 is 2.24 bits per heavy atom. The van der Waals surface area contributed by atoms with Gasteiger partial charge in [-0.3, -0.25) is 0 Å². The Balaban J connectivity index is 2.72. The van der Waals surface area contributed by atoms with Gasteiger partial charge in [-0.05, 0) is 23.6 Å². The van der Waals surface area contributed by atoms with Crippen molar-refractivity contribution < 1.29 is 8.42 Å². The van der Waals surface area contributed by atoms with Crippen LogP contribution >= 0.6 is 15.9 Å². The summed E-state index contributed by atoms with van der Waals surface area (Å²) in [5, 5.41) is 0. The van der Waals surface area contributed by atoms with Gasteiger partial charge < -0.3 is 0 Å². The highest BCUT2D eigenvalue weighted by atomic mass is 79.9. The largest absolute Gasteiger partial charge is 0.214 e. The molecule has 96 valence electrons. The highest BCUT2D eigenvalue weighted by Crippen LogP contribution is 2.14. The predicted octanol–water partition coefficient (Wildman–Crippen LogP) is 2.87. The zero-order valence-electron chi connectivity index (χ0n) is 10.4. The van der Waals surface area contributed by atoms with Gasteiger partial charge in [0.25, 0.3) is 0 Å². The molecule has 0 fully saturated rings. The van der Waals surface area contributed by atoms with E-state index in [1.165, 1.54) is 4.31 Å². The van der Waals surface area contributed by atoms with Gasteiger partial charge in [0, 0.05) is 18.1 Å². The van der Waals surface area contributed by atoms with Gasteiger partial charge in [0.05, 0.1) is 5.75 Å². The van der Waals surface area contributed by atoms with Crippen molar-refractivity contribution in [2.24, 2.45) is 5.92 Å². The van der Waals surface area contributed by atoms with Crippen LogP contribution < -0.4 is 0 Å². The molecule has 0 N–H and O–H groups in total. The minimum Gasteiger partial charge on any atom is -0.212 e. The van der Waals surface area contributed by atoms with E-state index in [2.05, 4.69) is 15.9 Å². The van der Waals surface area contributed by atoms with E-state index in [1.807, 2.05) is 38.1 Å². The first-order valence-electron chi connectivity index (χ1n) is 5.49. The summed E-state index contributed by atoms with van der Waals surface area (Å²) in [6.07, 6.45) is 0. The molecule has 17 heavy (non-hydrogen) atoms. The van der Waals surface area contributed by atoms with Crippen LogP contribution in [0.5, 0.6) is 0 Å². The average Bonchev–Trinajstić information content (AvgIpc) is 2.19. The Labute approximate surface area is 112 Å². The number of benzene rings is 1. The minimum atomic E-state index is -3.15. The van der Waals surface area contributed by atoms with Gasteiger partial charge in [0.15, 0.2) is 0 Å². The summed E-state index contributed by atoms with van der Waals surface area (Å²) >= 11 is 3.35. The molecule has 1 rings (SSSR count). The minimum absolute atomic E-state index is 0.146. The number of hydrogen-bond donors (Lipinski definition) is 0. The van der Waals surface area contributed by atoms with Crippen molar-refractivity contribution >= 4 is 26.0 Å². The number of rotatable bonds is 5. The summed E-state index contributed by atoms with van der Waals surface area (Å²) < 4.78 is 26.3. The van der Waals surface area contributed by atoms with Crippen LogP contribution in [0.15, 0.2) is 28.7 Å². The lowest BCUT2D eigenvalue weighted by Gasteiger charge is -2.18. The molecular weight excluding hydrogens is 302 g/mol. The average molecular weight is 320 g/mol. The molecule has 0 unspecified atom stereocenters. The smallest absolute Gasteiger partial charge is 0.212 e. The fourth-order valence-electron chi connectivity index (χ4n) is 1.49. The van der Waals surface area contributed by atoms with E-state index in [0.717, 1.165) is 10.0 Å². The lowest BCUT2D eigenvalue weighted by atomic mass is 10.2. The second-order valence-corrected chi connectivity index (χ2v) is 7.59. The van der Waals surface area contributed by atoms with Crippen molar-refractivity contribution in [2.45, 2.75) is 20.4 Å². The lowest BCUT2D eigenvalue weighted by molar-refractivity contribution is 0.460. The van der Waals surface area contributed by atoms with Gasteiger partial charge in [0.2, 0.25) is 10.0 Å². The zero-order valence-corrected chi connectivity index (χ0v) is 12.8. The molecule has 3 nitrogen and oxygen atoms in total. The van der Waals surface area contributed by atoms with Crippen molar-refractivity contribution in [1.29, 1.82) is 0 Å². The molecule has 0 saturated heterocycles. The molecular formula is C12H18BrNO2S. The summed E-state index contributed by atoms with van der Waals surface area (Å²) in [4.78, 5) is 0. The fourth-order valence-corrected chi connectivity index (χ4v) is 3.20. The molecule has 1 aromatic rings. The van der Waals surface area contributed by atoms with E-state index >= 15 is 0 Å². The molecule has 0 radical (unpaired) electrons. The Kier molecular flexibility index (Phi) is 5.16. The van der Waals surface area contributed by atoms with Crippen LogP contribution in [0.3, 0.4) is 0 Å². The Bertz CT molecular complexity index is 454. The van der Waals surface area contributed by atoms with Gasteiger partial charge >= 0.3 is 0 Å². The van der Waals surface area contributed by atoms with Crippen LogP contribution in [0.4, 0.5) is 0 Å². The molecule has 0 heterocycles. The molecule has 0 bridgehead atoms. The SMILES string of the molecule is CC(C)CS(=O)(=O)N(C)Cc1ccc(Br)cc1. The van der Waals surface area contributed by atoms with E-state index in [0.29, 0.717) is 6.54 Å². The highest BCUT2D eigenvalue weighted by Gasteiger charge is 2.19. The molecule has 0 aromatic heterocycles. The first-order valence-corrected chi connectivity index (χ1v) is 7.90. The van der Waals surface area contributed by atoms with Crippen molar-refractivity contribution in [3.8, 4) is 0 Å². The van der Waals surface area contributed by atoms with Crippen LogP contribution in [0.2, 0.25) is 0 Å². The fraction of sp³-hybridized carbons (Fsp3) is 0.500. The molecule has 5 heteroatoms. The van der Waals surface area contributed by atoms with Gasteiger partial charge in [-0.15, -0.1) is 0 Å². The number of nitrogens with zero attached hydrogens (tertiary/aromatic N) is 1. The number of halogens is 1. The molecule has 0 saturated carbocycles. The molecule has 0 amide bonds. The maximum atomic E-state index is 11.9. The topological polar surface area (TPSA) is 37.4 Å².